The normalized spacial score (nSPS) is 10.4. The van der Waals surface area contributed by atoms with Crippen molar-refractivity contribution in [2.45, 2.75) is 6.42 Å². The number of carbonyl (C=O) groups is 1. The highest BCUT2D eigenvalue weighted by Gasteiger charge is 2.07. The van der Waals surface area contributed by atoms with Crippen molar-refractivity contribution >= 4 is 44.7 Å². The largest absolute Gasteiger partial charge is 0.339 e. The van der Waals surface area contributed by atoms with Crippen molar-refractivity contribution in [2.75, 3.05) is 10.6 Å². The summed E-state index contributed by atoms with van der Waals surface area (Å²) < 4.78 is 1.01. The lowest BCUT2D eigenvalue weighted by Gasteiger charge is -2.08. The van der Waals surface area contributed by atoms with Gasteiger partial charge in [-0.05, 0) is 47.3 Å². The fourth-order valence-corrected chi connectivity index (χ4v) is 3.59. The van der Waals surface area contributed by atoms with Crippen molar-refractivity contribution in [2.24, 2.45) is 0 Å². The second-order valence-corrected chi connectivity index (χ2v) is 7.05. The van der Waals surface area contributed by atoms with Gasteiger partial charge in [0.25, 0.3) is 0 Å². The molecule has 2 N–H and O–H groups in total. The van der Waals surface area contributed by atoms with Crippen LogP contribution in [-0.2, 0) is 11.2 Å². The third kappa shape index (κ3) is 4.00. The Kier molecular flexibility index (Phi) is 5.00. The second-order valence-electron chi connectivity index (χ2n) is 6.13. The van der Waals surface area contributed by atoms with Gasteiger partial charge in [-0.3, -0.25) is 4.79 Å². The van der Waals surface area contributed by atoms with E-state index >= 15 is 0 Å². The number of carbonyl (C=O) groups excluding carboxylic acids is 1. The summed E-state index contributed by atoms with van der Waals surface area (Å²) in [6.45, 7) is 0. The van der Waals surface area contributed by atoms with Gasteiger partial charge < -0.3 is 10.6 Å². The number of amides is 1. The lowest BCUT2D eigenvalue weighted by atomic mass is 10.1. The van der Waals surface area contributed by atoms with Crippen molar-refractivity contribution < 1.29 is 4.79 Å². The first-order chi connectivity index (χ1) is 13.7. The quantitative estimate of drug-likeness (QED) is 0.494. The van der Waals surface area contributed by atoms with Gasteiger partial charge in [0.1, 0.15) is 6.33 Å². The van der Waals surface area contributed by atoms with Gasteiger partial charge in [-0.25, -0.2) is 9.97 Å². The average Bonchev–Trinajstić information content (AvgIpc) is 3.19. The van der Waals surface area contributed by atoms with Crippen LogP contribution in [0.25, 0.3) is 10.2 Å². The smallest absolute Gasteiger partial charge is 0.228 e. The number of benzene rings is 2. The summed E-state index contributed by atoms with van der Waals surface area (Å²) in [6, 6.07) is 16.9. The summed E-state index contributed by atoms with van der Waals surface area (Å²) in [5.74, 6) is 3.24. The van der Waals surface area contributed by atoms with E-state index < -0.39 is 0 Å². The van der Waals surface area contributed by atoms with Crippen molar-refractivity contribution in [3.63, 3.8) is 0 Å². The predicted molar refractivity (Wildman–Crippen MR) is 114 cm³/mol. The van der Waals surface area contributed by atoms with Crippen LogP contribution in [0.15, 0.2) is 66.3 Å². The summed E-state index contributed by atoms with van der Waals surface area (Å²) in [4.78, 5) is 20.8. The molecule has 136 valence electrons. The second kappa shape index (κ2) is 7.91. The Balaban J connectivity index is 1.41. The molecule has 0 radical (unpaired) electrons. The summed E-state index contributed by atoms with van der Waals surface area (Å²) in [7, 11) is 0. The molecule has 0 aliphatic rings. The number of rotatable bonds is 5. The molecule has 0 atom stereocenters. The minimum absolute atomic E-state index is 0.0917. The zero-order valence-electron chi connectivity index (χ0n) is 14.8. The van der Waals surface area contributed by atoms with Gasteiger partial charge in [0.05, 0.1) is 16.6 Å². The molecule has 0 spiro atoms. The number of terminal acetylenes is 1. The molecule has 0 fully saturated rings. The lowest BCUT2D eigenvalue weighted by molar-refractivity contribution is -0.115. The Hall–Kier alpha value is -3.69. The molecule has 4 aromatic rings. The molecule has 2 aromatic carbocycles. The maximum absolute atomic E-state index is 12.3. The highest BCUT2D eigenvalue weighted by Crippen LogP contribution is 2.27. The van der Waals surface area contributed by atoms with E-state index in [1.807, 2.05) is 53.9 Å². The summed E-state index contributed by atoms with van der Waals surface area (Å²) >= 11 is 1.60. The van der Waals surface area contributed by atoms with E-state index in [0.29, 0.717) is 5.69 Å². The van der Waals surface area contributed by atoms with Crippen LogP contribution in [0.1, 0.15) is 11.1 Å². The van der Waals surface area contributed by atoms with Gasteiger partial charge in [0, 0.05) is 16.9 Å². The molecule has 2 aromatic heterocycles. The predicted octanol–water partition coefficient (Wildman–Crippen LogP) is 4.60. The van der Waals surface area contributed by atoms with Gasteiger partial charge in [-0.15, -0.1) is 17.8 Å². The number of fused-ring (bicyclic) bond motifs is 1. The summed E-state index contributed by atoms with van der Waals surface area (Å²) in [5, 5.41) is 8.17. The van der Waals surface area contributed by atoms with Crippen molar-refractivity contribution in [3.05, 3.63) is 77.4 Å². The van der Waals surface area contributed by atoms with Gasteiger partial charge in [-0.1, -0.05) is 24.1 Å². The number of hydrogen-bond donors (Lipinski definition) is 2. The standard InChI is InChI=1S/C22H16N4OS/c1-2-15-4-3-5-18(12-15)25-20(27)13-16-6-8-17(9-7-16)26-22-21-19(10-11-28-21)23-14-24-22/h1,3-12,14H,13H2,(H,25,27)(H,23,24,26). The van der Waals surface area contributed by atoms with Crippen molar-refractivity contribution in [1.82, 2.24) is 9.97 Å². The highest BCUT2D eigenvalue weighted by molar-refractivity contribution is 7.17. The van der Waals surface area contributed by atoms with Crippen LogP contribution in [0, 0.1) is 12.3 Å². The van der Waals surface area contributed by atoms with Crippen LogP contribution >= 0.6 is 11.3 Å². The monoisotopic (exact) mass is 384 g/mol. The minimum Gasteiger partial charge on any atom is -0.339 e. The third-order valence-electron chi connectivity index (χ3n) is 4.14. The summed E-state index contributed by atoms with van der Waals surface area (Å²) in [5.41, 5.74) is 4.17. The molecule has 0 unspecified atom stereocenters. The third-order valence-corrected chi connectivity index (χ3v) is 5.05. The Bertz CT molecular complexity index is 1180. The molecule has 1 amide bonds. The zero-order chi connectivity index (χ0) is 19.3. The van der Waals surface area contributed by atoms with E-state index in [0.717, 1.165) is 32.8 Å². The molecule has 0 saturated carbocycles. The first kappa shape index (κ1) is 17.7. The van der Waals surface area contributed by atoms with Crippen LogP contribution in [0.4, 0.5) is 17.2 Å². The molecule has 0 saturated heterocycles. The Morgan fingerprint density at radius 2 is 1.93 bits per heavy atom. The molecule has 4 rings (SSSR count). The Morgan fingerprint density at radius 3 is 2.75 bits per heavy atom. The molecule has 5 nitrogen and oxygen atoms in total. The molecule has 6 heteroatoms. The molecule has 2 heterocycles. The Labute approximate surface area is 166 Å². The lowest BCUT2D eigenvalue weighted by Crippen LogP contribution is -2.14. The maximum atomic E-state index is 12.3. The number of nitrogens with zero attached hydrogens (tertiary/aromatic N) is 2. The zero-order valence-corrected chi connectivity index (χ0v) is 15.7. The van der Waals surface area contributed by atoms with E-state index in [4.69, 9.17) is 6.42 Å². The van der Waals surface area contributed by atoms with E-state index in [9.17, 15) is 4.79 Å². The van der Waals surface area contributed by atoms with Gasteiger partial charge in [0.2, 0.25) is 5.91 Å². The number of hydrogen-bond acceptors (Lipinski definition) is 5. The van der Waals surface area contributed by atoms with Gasteiger partial charge >= 0.3 is 0 Å². The topological polar surface area (TPSA) is 66.9 Å². The fraction of sp³-hybridized carbons (Fsp3) is 0.0455. The average molecular weight is 384 g/mol. The first-order valence-corrected chi connectivity index (χ1v) is 9.50. The number of thiophene rings is 1. The van der Waals surface area contributed by atoms with Crippen LogP contribution in [0.2, 0.25) is 0 Å². The number of aromatic nitrogens is 2. The van der Waals surface area contributed by atoms with E-state index in [1.165, 1.54) is 0 Å². The van der Waals surface area contributed by atoms with Crippen LogP contribution in [0.3, 0.4) is 0 Å². The van der Waals surface area contributed by atoms with Crippen LogP contribution < -0.4 is 10.6 Å². The van der Waals surface area contributed by atoms with Gasteiger partial charge in [0.15, 0.2) is 5.82 Å². The molecular formula is C22H16N4OS. The van der Waals surface area contributed by atoms with Crippen molar-refractivity contribution in [3.8, 4) is 12.3 Å². The van der Waals surface area contributed by atoms with Crippen molar-refractivity contribution in [1.29, 1.82) is 0 Å². The SMILES string of the molecule is C#Cc1cccc(NC(=O)Cc2ccc(Nc3ncnc4ccsc34)cc2)c1. The number of anilines is 3. The van der Waals surface area contributed by atoms with Crippen LogP contribution in [0.5, 0.6) is 0 Å². The van der Waals surface area contributed by atoms with E-state index in [-0.39, 0.29) is 12.3 Å². The first-order valence-electron chi connectivity index (χ1n) is 8.62. The number of nitrogens with one attached hydrogen (secondary N) is 2. The highest BCUT2D eigenvalue weighted by atomic mass is 32.1. The fourth-order valence-electron chi connectivity index (χ4n) is 2.80. The minimum atomic E-state index is -0.0917. The Morgan fingerprint density at radius 1 is 1.07 bits per heavy atom. The molecule has 0 bridgehead atoms. The molecule has 0 aliphatic carbocycles. The molecule has 0 aliphatic heterocycles. The van der Waals surface area contributed by atoms with E-state index in [1.54, 1.807) is 23.7 Å². The van der Waals surface area contributed by atoms with E-state index in [2.05, 4.69) is 26.5 Å². The summed E-state index contributed by atoms with van der Waals surface area (Å²) in [6.07, 6.45) is 7.22. The molecule has 28 heavy (non-hydrogen) atoms. The maximum Gasteiger partial charge on any atom is 0.228 e. The molecular weight excluding hydrogens is 368 g/mol. The van der Waals surface area contributed by atoms with Gasteiger partial charge in [-0.2, -0.15) is 0 Å². The van der Waals surface area contributed by atoms with Crippen LogP contribution in [-0.4, -0.2) is 15.9 Å².